The Morgan fingerprint density at radius 2 is 1.82 bits per heavy atom. The van der Waals surface area contributed by atoms with Crippen LogP contribution in [0.5, 0.6) is 0 Å². The Balaban J connectivity index is 2.07. The molecule has 7 nitrogen and oxygen atoms in total. The Morgan fingerprint density at radius 1 is 1.15 bits per heavy atom. The molecule has 0 spiro atoms. The number of ether oxygens (including phenoxy) is 2. The molecule has 2 atom stereocenters. The average Bonchev–Trinajstić information content (AvgIpc) is 3.25. The molecule has 1 aliphatic rings. The van der Waals surface area contributed by atoms with Gasteiger partial charge in [-0.15, -0.1) is 0 Å². The highest BCUT2D eigenvalue weighted by atomic mass is 35.5. The Bertz CT molecular complexity index is 776. The summed E-state index contributed by atoms with van der Waals surface area (Å²) in [4.78, 5) is 37.3. The van der Waals surface area contributed by atoms with Gasteiger partial charge in [-0.1, -0.05) is 49.9 Å². The van der Waals surface area contributed by atoms with Gasteiger partial charge in [0.15, 0.2) is 0 Å². The summed E-state index contributed by atoms with van der Waals surface area (Å²) in [7, 11) is 0. The Kier molecular flexibility index (Phi) is 11.1. The highest BCUT2D eigenvalue weighted by molar-refractivity contribution is 6.30. The largest absolute Gasteiger partial charge is 0.481 e. The van der Waals surface area contributed by atoms with Gasteiger partial charge >= 0.3 is 11.9 Å². The summed E-state index contributed by atoms with van der Waals surface area (Å²) in [6.45, 7) is 4.39. The lowest BCUT2D eigenvalue weighted by Crippen LogP contribution is -2.48. The SMILES string of the molecule is CCC[C@H](CC1(C(=O)N[C@H](COCc2ccc(Cl)cc2)CC(=O)OCC)CCCC1)C(=O)O. The fraction of sp³-hybridized carbons (Fsp3) is 0.640. The monoisotopic (exact) mass is 481 g/mol. The standard InChI is InChI=1S/C25H36ClNO6/c1-3-7-19(23(29)30)15-25(12-5-6-13-25)24(31)27-21(14-22(28)33-4-2)17-32-16-18-8-10-20(26)11-9-18/h8-11,19,21H,3-7,12-17H2,1-2H3,(H,27,31)(H,29,30)/t19-,21+/m1/s1. The van der Waals surface area contributed by atoms with E-state index >= 15 is 0 Å². The van der Waals surface area contributed by atoms with Crippen molar-refractivity contribution in [2.75, 3.05) is 13.2 Å². The molecule has 2 rings (SSSR count). The normalized spacial score (nSPS) is 16.7. The smallest absolute Gasteiger partial charge is 0.307 e. The van der Waals surface area contributed by atoms with E-state index in [0.717, 1.165) is 24.8 Å². The van der Waals surface area contributed by atoms with Gasteiger partial charge in [0.25, 0.3) is 0 Å². The Morgan fingerprint density at radius 3 is 2.39 bits per heavy atom. The van der Waals surface area contributed by atoms with E-state index < -0.39 is 29.3 Å². The van der Waals surface area contributed by atoms with E-state index in [-0.39, 0.29) is 25.5 Å². The zero-order valence-electron chi connectivity index (χ0n) is 19.6. The first-order valence-corrected chi connectivity index (χ1v) is 12.2. The molecular weight excluding hydrogens is 446 g/mol. The zero-order chi connectivity index (χ0) is 24.3. The molecule has 0 saturated heterocycles. The predicted octanol–water partition coefficient (Wildman–Crippen LogP) is 4.75. The van der Waals surface area contributed by atoms with Crippen LogP contribution in [0.1, 0.15) is 70.8 Å². The number of aliphatic carboxylic acids is 1. The minimum Gasteiger partial charge on any atom is -0.481 e. The van der Waals surface area contributed by atoms with Gasteiger partial charge in [-0.05, 0) is 50.3 Å². The minimum absolute atomic E-state index is 0.00635. The van der Waals surface area contributed by atoms with Crippen LogP contribution >= 0.6 is 11.6 Å². The lowest BCUT2D eigenvalue weighted by molar-refractivity contribution is -0.145. The lowest BCUT2D eigenvalue weighted by Gasteiger charge is -2.32. The zero-order valence-corrected chi connectivity index (χ0v) is 20.4. The first kappa shape index (κ1) is 27.1. The summed E-state index contributed by atoms with van der Waals surface area (Å²) < 4.78 is 10.9. The Hall–Kier alpha value is -2.12. The van der Waals surface area contributed by atoms with E-state index in [0.29, 0.717) is 37.3 Å². The molecule has 1 fully saturated rings. The number of hydrogen-bond acceptors (Lipinski definition) is 5. The summed E-state index contributed by atoms with van der Waals surface area (Å²) >= 11 is 5.91. The van der Waals surface area contributed by atoms with Crippen molar-refractivity contribution in [3.05, 3.63) is 34.9 Å². The van der Waals surface area contributed by atoms with Gasteiger partial charge in [0, 0.05) is 5.02 Å². The van der Waals surface area contributed by atoms with Crippen molar-refractivity contribution in [1.82, 2.24) is 5.32 Å². The highest BCUT2D eigenvalue weighted by Crippen LogP contribution is 2.44. The van der Waals surface area contributed by atoms with Crippen molar-refractivity contribution in [1.29, 1.82) is 0 Å². The van der Waals surface area contributed by atoms with Gasteiger partial charge in [-0.2, -0.15) is 0 Å². The minimum atomic E-state index is -0.856. The van der Waals surface area contributed by atoms with Crippen molar-refractivity contribution >= 4 is 29.4 Å². The molecule has 0 aromatic heterocycles. The maximum absolute atomic E-state index is 13.4. The molecule has 2 N–H and O–H groups in total. The number of benzene rings is 1. The van der Waals surface area contributed by atoms with Gasteiger partial charge in [0.2, 0.25) is 5.91 Å². The number of hydrogen-bond donors (Lipinski definition) is 2. The summed E-state index contributed by atoms with van der Waals surface area (Å²) in [5.74, 6) is -2.01. The van der Waals surface area contributed by atoms with Crippen LogP contribution in [-0.2, 0) is 30.5 Å². The van der Waals surface area contributed by atoms with Crippen LogP contribution in [-0.4, -0.2) is 42.2 Å². The molecule has 0 heterocycles. The van der Waals surface area contributed by atoms with Crippen LogP contribution in [0.25, 0.3) is 0 Å². The summed E-state index contributed by atoms with van der Waals surface area (Å²) in [6, 6.07) is 6.70. The summed E-state index contributed by atoms with van der Waals surface area (Å²) in [6.07, 6.45) is 4.70. The number of carbonyl (C=O) groups is 3. The molecule has 184 valence electrons. The third kappa shape index (κ3) is 8.63. The van der Waals surface area contributed by atoms with Crippen LogP contribution in [0.4, 0.5) is 0 Å². The number of carboxylic acid groups (broad SMARTS) is 1. The lowest BCUT2D eigenvalue weighted by atomic mass is 9.75. The summed E-state index contributed by atoms with van der Waals surface area (Å²) in [5.41, 5.74) is 0.207. The number of nitrogens with one attached hydrogen (secondary N) is 1. The van der Waals surface area contributed by atoms with Gasteiger partial charge in [0.05, 0.1) is 43.6 Å². The molecular formula is C25H36ClNO6. The van der Waals surface area contributed by atoms with Crippen molar-refractivity contribution in [2.45, 2.75) is 77.9 Å². The molecule has 1 aromatic carbocycles. The maximum Gasteiger partial charge on any atom is 0.307 e. The number of amides is 1. The third-order valence-corrected chi connectivity index (χ3v) is 6.47. The topological polar surface area (TPSA) is 102 Å². The molecule has 0 aliphatic heterocycles. The van der Waals surface area contributed by atoms with E-state index in [1.54, 1.807) is 19.1 Å². The van der Waals surface area contributed by atoms with Crippen LogP contribution in [0.3, 0.4) is 0 Å². The maximum atomic E-state index is 13.4. The van der Waals surface area contributed by atoms with E-state index in [9.17, 15) is 19.5 Å². The fourth-order valence-corrected chi connectivity index (χ4v) is 4.65. The fourth-order valence-electron chi connectivity index (χ4n) is 4.52. The predicted molar refractivity (Wildman–Crippen MR) is 126 cm³/mol. The van der Waals surface area contributed by atoms with Crippen LogP contribution in [0, 0.1) is 11.3 Å². The third-order valence-electron chi connectivity index (χ3n) is 6.22. The first-order valence-electron chi connectivity index (χ1n) is 11.8. The highest BCUT2D eigenvalue weighted by Gasteiger charge is 2.44. The molecule has 0 unspecified atom stereocenters. The quantitative estimate of drug-likeness (QED) is 0.372. The van der Waals surface area contributed by atoms with Crippen LogP contribution in [0.15, 0.2) is 24.3 Å². The molecule has 8 heteroatoms. The van der Waals surface area contributed by atoms with Gasteiger partial charge in [-0.25, -0.2) is 0 Å². The second-order valence-corrected chi connectivity index (χ2v) is 9.27. The van der Waals surface area contributed by atoms with Crippen molar-refractivity contribution in [2.24, 2.45) is 11.3 Å². The van der Waals surface area contributed by atoms with Gasteiger partial charge in [0.1, 0.15) is 0 Å². The van der Waals surface area contributed by atoms with Crippen molar-refractivity contribution < 1.29 is 29.0 Å². The second-order valence-electron chi connectivity index (χ2n) is 8.84. The molecule has 1 amide bonds. The van der Waals surface area contributed by atoms with Gasteiger partial charge in [-0.3, -0.25) is 14.4 Å². The first-order chi connectivity index (χ1) is 15.8. The van der Waals surface area contributed by atoms with E-state index in [1.165, 1.54) is 0 Å². The number of carboxylic acids is 1. The van der Waals surface area contributed by atoms with Crippen molar-refractivity contribution in [3.8, 4) is 0 Å². The van der Waals surface area contributed by atoms with Crippen LogP contribution < -0.4 is 5.32 Å². The second kappa shape index (κ2) is 13.6. The van der Waals surface area contributed by atoms with E-state index in [4.69, 9.17) is 21.1 Å². The van der Waals surface area contributed by atoms with E-state index in [1.807, 2.05) is 19.1 Å². The molecule has 33 heavy (non-hydrogen) atoms. The molecule has 0 radical (unpaired) electrons. The molecule has 0 bridgehead atoms. The number of carbonyl (C=O) groups excluding carboxylic acids is 2. The molecule has 1 aromatic rings. The molecule has 1 aliphatic carbocycles. The molecule has 1 saturated carbocycles. The van der Waals surface area contributed by atoms with E-state index in [2.05, 4.69) is 5.32 Å². The number of halogens is 1. The average molecular weight is 482 g/mol. The van der Waals surface area contributed by atoms with Gasteiger partial charge < -0.3 is 19.9 Å². The number of esters is 1. The van der Waals surface area contributed by atoms with Crippen molar-refractivity contribution in [3.63, 3.8) is 0 Å². The summed E-state index contributed by atoms with van der Waals surface area (Å²) in [5, 5.41) is 13.3. The Labute approximate surface area is 201 Å². The number of rotatable bonds is 14. The van der Waals surface area contributed by atoms with Crippen LogP contribution in [0.2, 0.25) is 5.02 Å².